The van der Waals surface area contributed by atoms with Crippen molar-refractivity contribution in [2.24, 2.45) is 0 Å². The van der Waals surface area contributed by atoms with E-state index >= 15 is 0 Å². The Labute approximate surface area is 100 Å². The fraction of sp³-hybridized carbons (Fsp3) is 0.400. The van der Waals surface area contributed by atoms with E-state index in [1.165, 1.54) is 12.1 Å². The number of benzene rings is 1. The van der Waals surface area contributed by atoms with Crippen molar-refractivity contribution in [3.63, 3.8) is 0 Å². The van der Waals surface area contributed by atoms with Crippen LogP contribution in [0.25, 0.3) is 0 Å². The molecule has 0 aliphatic heterocycles. The number of halogens is 2. The molecule has 68 valence electrons. The number of rotatable bonds is 0. The zero-order valence-electron chi connectivity index (χ0n) is 8.27. The molecule has 0 radical (unpaired) electrons. The third kappa shape index (κ3) is 12.4. The maximum atomic E-state index is 12.1. The van der Waals surface area contributed by atoms with Crippen molar-refractivity contribution in [1.29, 1.82) is 0 Å². The van der Waals surface area contributed by atoms with Gasteiger partial charge in [-0.2, -0.15) is 0 Å². The number of hydrogen-bond donors (Lipinski definition) is 0. The van der Waals surface area contributed by atoms with Crippen LogP contribution in [0, 0.1) is 5.82 Å². The van der Waals surface area contributed by atoms with Gasteiger partial charge in [0.25, 0.3) is 0 Å². The van der Waals surface area contributed by atoms with Gasteiger partial charge in [-0.3, -0.25) is 0 Å². The summed E-state index contributed by atoms with van der Waals surface area (Å²) in [5, 5.41) is 0. The van der Waals surface area contributed by atoms with Crippen molar-refractivity contribution >= 4 is 41.3 Å². The van der Waals surface area contributed by atoms with Crippen LogP contribution < -0.4 is 3.69 Å². The summed E-state index contributed by atoms with van der Waals surface area (Å²) in [6.07, 6.45) is 0. The van der Waals surface area contributed by atoms with E-state index in [2.05, 4.69) is 36.7 Å². The third-order valence-electron chi connectivity index (χ3n) is 0.913. The van der Waals surface area contributed by atoms with Gasteiger partial charge in [0.2, 0.25) is 0 Å². The van der Waals surface area contributed by atoms with Crippen LogP contribution in [0.5, 0.6) is 0 Å². The van der Waals surface area contributed by atoms with Crippen LogP contribution in [0.2, 0.25) is 0 Å². The normalized spacial score (nSPS) is 10.4. The molecule has 0 N–H and O–H groups in total. The fourth-order valence-electron chi connectivity index (χ4n) is 0.484. The first-order chi connectivity index (χ1) is 5.79. The Bertz CT molecular complexity index is 211. The van der Waals surface area contributed by atoms with Crippen molar-refractivity contribution < 1.29 is 4.39 Å². The Hall–Kier alpha value is 0.396. The molecule has 1 aromatic carbocycles. The molecule has 0 aromatic heterocycles. The molecule has 0 fully saturated rings. The molecule has 0 spiro atoms. The van der Waals surface area contributed by atoms with Gasteiger partial charge in [0.1, 0.15) is 0 Å². The van der Waals surface area contributed by atoms with E-state index in [0.29, 0.717) is 4.32 Å². The van der Waals surface area contributed by atoms with Gasteiger partial charge < -0.3 is 0 Å². The zero-order valence-corrected chi connectivity index (χ0v) is 11.3. The third-order valence-corrected chi connectivity index (χ3v) is 1.38. The Kier molecular flexibility index (Phi) is 6.17. The second-order valence-electron chi connectivity index (χ2n) is 3.69. The first kappa shape index (κ1) is 13.4. The van der Waals surface area contributed by atoms with Gasteiger partial charge in [0.15, 0.2) is 0 Å². The van der Waals surface area contributed by atoms with Crippen LogP contribution in [0.15, 0.2) is 24.3 Å². The van der Waals surface area contributed by atoms with Crippen molar-refractivity contribution in [1.82, 2.24) is 0 Å². The summed E-state index contributed by atoms with van der Waals surface area (Å²) < 4.78 is 13.5. The summed E-state index contributed by atoms with van der Waals surface area (Å²) >= 11 is 5.12. The molecule has 0 heterocycles. The Morgan fingerprint density at radius 2 is 1.46 bits per heavy atom. The molecule has 0 atom stereocenters. The monoisotopic (exact) mass is 255 g/mol. The SMILES string of the molecule is CC(C)(C)Br.Fc1cc[c]([Mg+])cc1. The van der Waals surface area contributed by atoms with Crippen molar-refractivity contribution in [3.05, 3.63) is 30.1 Å². The molecule has 0 nitrogen and oxygen atoms in total. The van der Waals surface area contributed by atoms with E-state index in [9.17, 15) is 4.39 Å². The molecule has 0 amide bonds. The molecule has 0 aliphatic carbocycles. The Morgan fingerprint density at radius 1 is 1.15 bits per heavy atom. The number of alkyl halides is 1. The van der Waals surface area contributed by atoms with Crippen LogP contribution in [-0.2, 0) is 0 Å². The predicted octanol–water partition coefficient (Wildman–Crippen LogP) is 2.80. The molecule has 1 rings (SSSR count). The summed E-state index contributed by atoms with van der Waals surface area (Å²) in [6, 6.07) is 6.44. The molecule has 0 saturated heterocycles. The van der Waals surface area contributed by atoms with E-state index < -0.39 is 0 Å². The van der Waals surface area contributed by atoms with Crippen LogP contribution in [0.4, 0.5) is 4.39 Å². The van der Waals surface area contributed by atoms with Crippen LogP contribution in [-0.4, -0.2) is 26.0 Å². The van der Waals surface area contributed by atoms with Gasteiger partial charge in [-0.1, -0.05) is 36.7 Å². The van der Waals surface area contributed by atoms with E-state index in [1.807, 2.05) is 0 Å². The molecule has 3 heteroatoms. The predicted molar refractivity (Wildman–Crippen MR) is 60.5 cm³/mol. The Morgan fingerprint density at radius 3 is 1.69 bits per heavy atom. The molecule has 13 heavy (non-hydrogen) atoms. The first-order valence-corrected chi connectivity index (χ1v) is 5.55. The van der Waals surface area contributed by atoms with Gasteiger partial charge in [0.05, 0.1) is 0 Å². The molecular weight excluding hydrogens is 243 g/mol. The van der Waals surface area contributed by atoms with Gasteiger partial charge in [-0.15, -0.1) is 0 Å². The fourth-order valence-corrected chi connectivity index (χ4v) is 0.720. The van der Waals surface area contributed by atoms with Crippen LogP contribution >= 0.6 is 15.9 Å². The van der Waals surface area contributed by atoms with Crippen LogP contribution in [0.1, 0.15) is 20.8 Å². The molecule has 0 bridgehead atoms. The van der Waals surface area contributed by atoms with Crippen LogP contribution in [0.3, 0.4) is 0 Å². The first-order valence-electron chi connectivity index (χ1n) is 4.05. The van der Waals surface area contributed by atoms with Crippen molar-refractivity contribution in [3.8, 4) is 0 Å². The number of hydrogen-bond acceptors (Lipinski definition) is 0. The summed E-state index contributed by atoms with van der Waals surface area (Å²) in [5.41, 5.74) is 0. The second kappa shape index (κ2) is 5.99. The standard InChI is InChI=1S/C6H4F.C4H9Br.Mg/c7-6-4-2-1-3-5-6;1-4(2,3)5;/h2-5H;1-3H3;/q;;+1. The minimum atomic E-state index is -0.166. The average molecular weight is 256 g/mol. The van der Waals surface area contributed by atoms with Gasteiger partial charge in [0, 0.05) is 4.32 Å². The summed E-state index contributed by atoms with van der Waals surface area (Å²) in [7, 11) is 0. The van der Waals surface area contributed by atoms with Gasteiger partial charge >= 0.3 is 59.9 Å². The molecule has 0 unspecified atom stereocenters. The maximum absolute atomic E-state index is 12.1. The average Bonchev–Trinajstić information content (AvgIpc) is 1.92. The van der Waals surface area contributed by atoms with E-state index in [4.69, 9.17) is 0 Å². The van der Waals surface area contributed by atoms with E-state index in [-0.39, 0.29) is 5.82 Å². The van der Waals surface area contributed by atoms with E-state index in [1.54, 1.807) is 33.8 Å². The second-order valence-corrected chi connectivity index (χ2v) is 6.89. The topological polar surface area (TPSA) is 0 Å². The summed E-state index contributed by atoms with van der Waals surface area (Å²) in [6.45, 7) is 6.31. The van der Waals surface area contributed by atoms with E-state index in [0.717, 1.165) is 3.69 Å². The van der Waals surface area contributed by atoms with Gasteiger partial charge in [-0.05, 0) is 0 Å². The summed E-state index contributed by atoms with van der Waals surface area (Å²) in [4.78, 5) is 0. The zero-order chi connectivity index (χ0) is 10.5. The quantitative estimate of drug-likeness (QED) is 0.494. The molecule has 1 aromatic rings. The molecule has 0 aliphatic rings. The van der Waals surface area contributed by atoms with Crippen molar-refractivity contribution in [2.45, 2.75) is 25.1 Å². The Balaban J connectivity index is 0.000000252. The van der Waals surface area contributed by atoms with Crippen molar-refractivity contribution in [2.75, 3.05) is 0 Å². The summed E-state index contributed by atoms with van der Waals surface area (Å²) in [5.74, 6) is -0.166. The minimum absolute atomic E-state index is 0.166. The molecular formula is C10H13BrFMg+. The van der Waals surface area contributed by atoms with Gasteiger partial charge in [-0.25, -0.2) is 0 Å². The molecule has 0 saturated carbocycles.